The maximum Gasteiger partial charge on any atom is 0.333 e. The molecule has 0 unspecified atom stereocenters. The monoisotopic (exact) mass is 406 g/mol. The van der Waals surface area contributed by atoms with Crippen LogP contribution >= 0.6 is 0 Å². The van der Waals surface area contributed by atoms with Crippen LogP contribution in [0.15, 0.2) is 12.2 Å². The molecule has 0 N–H and O–H groups in total. The van der Waals surface area contributed by atoms with Crippen molar-refractivity contribution in [2.24, 2.45) is 0 Å². The van der Waals surface area contributed by atoms with E-state index in [-0.39, 0.29) is 5.97 Å². The summed E-state index contributed by atoms with van der Waals surface area (Å²) in [5.41, 5.74) is 0.404. The maximum atomic E-state index is 11.6. The van der Waals surface area contributed by atoms with Gasteiger partial charge in [0.05, 0.1) is 6.61 Å². The Morgan fingerprint density at radius 1 is 0.840 bits per heavy atom. The van der Waals surface area contributed by atoms with E-state index in [0.29, 0.717) is 25.0 Å². The normalized spacial score (nSPS) is 13.7. The van der Waals surface area contributed by atoms with Gasteiger partial charge in [-0.2, -0.15) is 0 Å². The Kier molecular flexibility index (Phi) is 9.00. The topological polar surface area (TPSA) is 54.0 Å². The second kappa shape index (κ2) is 9.10. The Balaban J connectivity index is 5.30. The second-order valence-corrected chi connectivity index (χ2v) is 22.6. The van der Waals surface area contributed by atoms with Crippen molar-refractivity contribution in [1.82, 2.24) is 0 Å². The van der Waals surface area contributed by atoms with Crippen LogP contribution < -0.4 is 0 Å². The summed E-state index contributed by atoms with van der Waals surface area (Å²) in [7, 11) is -5.76. The van der Waals surface area contributed by atoms with Gasteiger partial charge in [0.1, 0.15) is 0 Å². The van der Waals surface area contributed by atoms with Gasteiger partial charge in [0.25, 0.3) is 5.97 Å². The highest BCUT2D eigenvalue weighted by molar-refractivity contribution is 6.72. The Labute approximate surface area is 157 Å². The quantitative estimate of drug-likeness (QED) is 0.157. The van der Waals surface area contributed by atoms with Crippen molar-refractivity contribution in [3.8, 4) is 0 Å². The third kappa shape index (κ3) is 12.7. The van der Waals surface area contributed by atoms with Crippen LogP contribution in [0.1, 0.15) is 19.8 Å². The first kappa shape index (κ1) is 24.7. The van der Waals surface area contributed by atoms with E-state index in [1.165, 1.54) is 0 Å². The molecule has 148 valence electrons. The molecule has 25 heavy (non-hydrogen) atoms. The molecule has 0 saturated heterocycles. The third-order valence-corrected chi connectivity index (χ3v) is 5.36. The Hall–Kier alpha value is -0.259. The summed E-state index contributed by atoms with van der Waals surface area (Å²) in [6.45, 7) is 24.7. The average molecular weight is 407 g/mol. The van der Waals surface area contributed by atoms with Crippen LogP contribution in [-0.2, 0) is 22.8 Å². The van der Waals surface area contributed by atoms with Gasteiger partial charge in [0.2, 0.25) is 0 Å². The molecule has 0 aliphatic rings. The molecule has 8 heteroatoms. The summed E-state index contributed by atoms with van der Waals surface area (Å²) in [5, 5.41) is 0. The van der Waals surface area contributed by atoms with E-state index < -0.39 is 30.9 Å². The minimum absolute atomic E-state index is 0.298. The van der Waals surface area contributed by atoms with Gasteiger partial charge in [0.15, 0.2) is 25.0 Å². The van der Waals surface area contributed by atoms with Crippen molar-refractivity contribution in [3.05, 3.63) is 12.2 Å². The number of esters is 1. The lowest BCUT2D eigenvalue weighted by molar-refractivity contribution is -0.275. The molecule has 0 saturated carbocycles. The molecular formula is C17H38O5Si3. The smallest absolute Gasteiger partial charge is 0.333 e. The van der Waals surface area contributed by atoms with Gasteiger partial charge in [-0.15, -0.1) is 0 Å². The zero-order valence-electron chi connectivity index (χ0n) is 17.9. The van der Waals surface area contributed by atoms with Crippen LogP contribution in [0.4, 0.5) is 0 Å². The fourth-order valence-corrected chi connectivity index (χ4v) is 5.80. The highest BCUT2D eigenvalue weighted by Crippen LogP contribution is 2.33. The van der Waals surface area contributed by atoms with E-state index in [1.54, 1.807) is 6.92 Å². The zero-order valence-corrected chi connectivity index (χ0v) is 20.9. The highest BCUT2D eigenvalue weighted by Gasteiger charge is 2.44. The lowest BCUT2D eigenvalue weighted by atomic mass is 10.3. The van der Waals surface area contributed by atoms with Crippen molar-refractivity contribution in [1.29, 1.82) is 0 Å². The van der Waals surface area contributed by atoms with E-state index >= 15 is 0 Å². The third-order valence-electron chi connectivity index (χ3n) is 2.59. The standard InChI is InChI=1S/C17H38O5Si3/c1-15(2)16(18)19-14-12-13-17(20-23(3,4)5,21-24(6,7)8)22-25(9,10)11/h1,12-14H2,2-11H3. The van der Waals surface area contributed by atoms with E-state index in [2.05, 4.69) is 65.5 Å². The van der Waals surface area contributed by atoms with Crippen molar-refractivity contribution in [2.45, 2.75) is 84.7 Å². The largest absolute Gasteiger partial charge is 0.462 e. The van der Waals surface area contributed by atoms with E-state index in [1.807, 2.05) is 0 Å². The number of carbonyl (C=O) groups excluding carboxylic acids is 1. The van der Waals surface area contributed by atoms with E-state index in [0.717, 1.165) is 0 Å². The van der Waals surface area contributed by atoms with Crippen LogP contribution in [0, 0.1) is 0 Å². The molecule has 0 aliphatic heterocycles. The molecule has 0 heterocycles. The lowest BCUT2D eigenvalue weighted by Crippen LogP contribution is -2.56. The fourth-order valence-electron chi connectivity index (χ4n) is 2.19. The molecule has 0 spiro atoms. The second-order valence-electron chi connectivity index (χ2n) is 9.35. The molecule has 0 amide bonds. The van der Waals surface area contributed by atoms with Gasteiger partial charge in [-0.3, -0.25) is 0 Å². The Morgan fingerprint density at radius 3 is 1.48 bits per heavy atom. The molecule has 0 aromatic rings. The van der Waals surface area contributed by atoms with E-state index in [9.17, 15) is 4.79 Å². The van der Waals surface area contributed by atoms with Crippen molar-refractivity contribution in [2.75, 3.05) is 6.61 Å². The van der Waals surface area contributed by atoms with Crippen LogP contribution in [0.5, 0.6) is 0 Å². The first-order chi connectivity index (χ1) is 10.9. The molecule has 5 nitrogen and oxygen atoms in total. The number of hydrogen-bond acceptors (Lipinski definition) is 5. The molecule has 0 aromatic carbocycles. The summed E-state index contributed by atoms with van der Waals surface area (Å²) < 4.78 is 24.5. The Bertz CT molecular complexity index is 418. The first-order valence-corrected chi connectivity index (χ1v) is 19.1. The first-order valence-electron chi connectivity index (χ1n) is 8.88. The van der Waals surface area contributed by atoms with E-state index in [4.69, 9.17) is 18.0 Å². The summed E-state index contributed by atoms with van der Waals surface area (Å²) >= 11 is 0. The zero-order chi connectivity index (χ0) is 20.1. The lowest BCUT2D eigenvalue weighted by Gasteiger charge is -2.45. The fraction of sp³-hybridized carbons (Fsp3) is 0.824. The van der Waals surface area contributed by atoms with Gasteiger partial charge in [-0.1, -0.05) is 6.58 Å². The molecule has 0 bridgehead atoms. The minimum Gasteiger partial charge on any atom is -0.462 e. The minimum atomic E-state index is -1.92. The number of ether oxygens (including phenoxy) is 1. The van der Waals surface area contributed by atoms with Crippen LogP contribution in [0.3, 0.4) is 0 Å². The van der Waals surface area contributed by atoms with Crippen LogP contribution in [0.2, 0.25) is 58.9 Å². The van der Waals surface area contributed by atoms with Crippen molar-refractivity contribution < 1.29 is 22.8 Å². The average Bonchev–Trinajstić information content (AvgIpc) is 2.27. The molecule has 0 aromatic heterocycles. The van der Waals surface area contributed by atoms with Crippen LogP contribution in [0.25, 0.3) is 0 Å². The molecule has 0 radical (unpaired) electrons. The Morgan fingerprint density at radius 2 is 1.20 bits per heavy atom. The van der Waals surface area contributed by atoms with Gasteiger partial charge in [-0.25, -0.2) is 4.79 Å². The highest BCUT2D eigenvalue weighted by atomic mass is 28.4. The number of rotatable bonds is 11. The summed E-state index contributed by atoms with van der Waals surface area (Å²) in [6, 6.07) is 0. The van der Waals surface area contributed by atoms with Gasteiger partial charge in [-0.05, 0) is 72.3 Å². The summed E-state index contributed by atoms with van der Waals surface area (Å²) in [4.78, 5) is 11.6. The molecule has 0 atom stereocenters. The van der Waals surface area contributed by atoms with Crippen LogP contribution in [-0.4, -0.2) is 43.5 Å². The molecule has 0 aliphatic carbocycles. The van der Waals surface area contributed by atoms with Crippen molar-refractivity contribution >= 4 is 30.9 Å². The predicted molar refractivity (Wildman–Crippen MR) is 111 cm³/mol. The van der Waals surface area contributed by atoms with Gasteiger partial charge >= 0.3 is 5.97 Å². The van der Waals surface area contributed by atoms with Gasteiger partial charge in [0, 0.05) is 12.0 Å². The molecular weight excluding hydrogens is 368 g/mol. The van der Waals surface area contributed by atoms with Crippen molar-refractivity contribution in [3.63, 3.8) is 0 Å². The number of hydrogen-bond donors (Lipinski definition) is 0. The predicted octanol–water partition coefficient (Wildman–Crippen LogP) is 5.09. The maximum absolute atomic E-state index is 11.6. The molecule has 0 rings (SSSR count). The summed E-state index contributed by atoms with van der Waals surface area (Å²) in [6.07, 6.45) is 1.15. The number of carbonyl (C=O) groups is 1. The SMILES string of the molecule is C=C(C)C(=O)OCCCC(O[Si](C)(C)C)(O[Si](C)(C)C)O[Si](C)(C)C. The molecule has 0 fully saturated rings. The summed E-state index contributed by atoms with van der Waals surface area (Å²) in [5.74, 6) is -1.41. The van der Waals surface area contributed by atoms with Gasteiger partial charge < -0.3 is 18.0 Å².